The third-order valence-corrected chi connectivity index (χ3v) is 6.19. The second-order valence-corrected chi connectivity index (χ2v) is 8.73. The van der Waals surface area contributed by atoms with Gasteiger partial charge in [-0.3, -0.25) is 24.0 Å². The van der Waals surface area contributed by atoms with E-state index < -0.39 is 11.2 Å². The van der Waals surface area contributed by atoms with Gasteiger partial charge >= 0.3 is 5.69 Å². The van der Waals surface area contributed by atoms with Gasteiger partial charge in [0.05, 0.1) is 26.3 Å². The minimum absolute atomic E-state index is 0.0248. The van der Waals surface area contributed by atoms with E-state index in [1.807, 2.05) is 50.2 Å². The zero-order valence-electron chi connectivity index (χ0n) is 20.7. The lowest BCUT2D eigenvalue weighted by Gasteiger charge is -2.25. The Morgan fingerprint density at radius 1 is 1.17 bits per heavy atom. The van der Waals surface area contributed by atoms with Crippen molar-refractivity contribution in [3.63, 3.8) is 0 Å². The number of hydrogen-bond acceptors (Lipinski definition) is 6. The first kappa shape index (κ1) is 24.8. The van der Waals surface area contributed by atoms with Crippen LogP contribution in [0.5, 0.6) is 5.75 Å². The number of para-hydroxylation sites is 1. The molecule has 0 aliphatic rings. The van der Waals surface area contributed by atoms with Gasteiger partial charge < -0.3 is 14.9 Å². The Bertz CT molecular complexity index is 1510. The Morgan fingerprint density at radius 3 is 2.69 bits per heavy atom. The summed E-state index contributed by atoms with van der Waals surface area (Å²) in [6, 6.07) is 13.0. The van der Waals surface area contributed by atoms with Crippen LogP contribution in [0.25, 0.3) is 11.0 Å². The molecule has 3 N–H and O–H groups in total. The number of ether oxygens (including phenoxy) is 1. The molecular weight excluding hydrogens is 460 g/mol. The number of nitrogens with one attached hydrogen (secondary N) is 1. The lowest BCUT2D eigenvalue weighted by atomic mass is 10.1. The molecule has 1 amide bonds. The number of nitrogens with zero attached hydrogens (tertiary/aromatic N) is 2. The number of furan rings is 1. The Balaban J connectivity index is 1.81. The van der Waals surface area contributed by atoms with E-state index in [-0.39, 0.29) is 30.4 Å². The molecule has 2 heterocycles. The third kappa shape index (κ3) is 4.91. The fourth-order valence-corrected chi connectivity index (χ4v) is 4.26. The van der Waals surface area contributed by atoms with Gasteiger partial charge in [-0.2, -0.15) is 0 Å². The van der Waals surface area contributed by atoms with Crippen LogP contribution < -0.4 is 26.6 Å². The maximum atomic E-state index is 13.8. The number of carbonyl (C=O) groups is 1. The molecule has 0 spiro atoms. The summed E-state index contributed by atoms with van der Waals surface area (Å²) in [4.78, 5) is 43.0. The van der Waals surface area contributed by atoms with Gasteiger partial charge in [0.2, 0.25) is 5.91 Å². The highest BCUT2D eigenvalue weighted by atomic mass is 16.5. The highest BCUT2D eigenvalue weighted by molar-refractivity contribution is 5.99. The van der Waals surface area contributed by atoms with Crippen LogP contribution in [0.15, 0.2) is 62.7 Å². The van der Waals surface area contributed by atoms with Gasteiger partial charge in [-0.15, -0.1) is 0 Å². The quantitative estimate of drug-likeness (QED) is 0.368. The van der Waals surface area contributed by atoms with E-state index in [0.717, 1.165) is 17.4 Å². The number of nitrogens with two attached hydrogens (primary N) is 1. The zero-order valence-corrected chi connectivity index (χ0v) is 20.7. The molecule has 0 saturated carbocycles. The molecule has 0 aliphatic carbocycles. The number of benzene rings is 2. The van der Waals surface area contributed by atoms with E-state index in [4.69, 9.17) is 14.9 Å². The lowest BCUT2D eigenvalue weighted by Crippen LogP contribution is -2.41. The minimum Gasteiger partial charge on any atom is -0.496 e. The highest BCUT2D eigenvalue weighted by Gasteiger charge is 2.26. The number of aromatic amines is 1. The summed E-state index contributed by atoms with van der Waals surface area (Å²) in [6.45, 7) is 4.30. The molecule has 0 aliphatic heterocycles. The first-order valence-corrected chi connectivity index (χ1v) is 11.9. The van der Waals surface area contributed by atoms with E-state index in [9.17, 15) is 14.4 Å². The summed E-state index contributed by atoms with van der Waals surface area (Å²) in [5, 5.41) is 0.820. The summed E-state index contributed by atoms with van der Waals surface area (Å²) in [6.07, 6.45) is 3.05. The van der Waals surface area contributed by atoms with Gasteiger partial charge in [0, 0.05) is 23.1 Å². The monoisotopic (exact) mass is 490 g/mol. The Hall–Kier alpha value is -4.27. The summed E-state index contributed by atoms with van der Waals surface area (Å²) in [5.41, 5.74) is 8.08. The number of hydrogen-bond donors (Lipinski definition) is 2. The van der Waals surface area contributed by atoms with Crippen LogP contribution in [-0.2, 0) is 24.3 Å². The number of amides is 1. The smallest absolute Gasteiger partial charge is 0.330 e. The number of methoxy groups -OCH3 is 1. The molecule has 0 saturated heterocycles. The Morgan fingerprint density at radius 2 is 1.94 bits per heavy atom. The predicted molar refractivity (Wildman–Crippen MR) is 139 cm³/mol. The molecule has 9 heteroatoms. The van der Waals surface area contributed by atoms with Gasteiger partial charge in [0.1, 0.15) is 17.2 Å². The molecule has 9 nitrogen and oxygen atoms in total. The van der Waals surface area contributed by atoms with Gasteiger partial charge in [-0.1, -0.05) is 43.7 Å². The molecule has 0 radical (unpaired) electrons. The fourth-order valence-electron chi connectivity index (χ4n) is 4.26. The van der Waals surface area contributed by atoms with E-state index >= 15 is 0 Å². The van der Waals surface area contributed by atoms with Gasteiger partial charge in [-0.05, 0) is 31.0 Å². The van der Waals surface area contributed by atoms with Crippen LogP contribution in [0, 0.1) is 6.92 Å². The van der Waals surface area contributed by atoms with E-state index in [1.54, 1.807) is 12.3 Å². The summed E-state index contributed by atoms with van der Waals surface area (Å²) in [5.74, 6) is 0.143. The number of anilines is 2. The first-order valence-electron chi connectivity index (χ1n) is 11.9. The van der Waals surface area contributed by atoms with Crippen molar-refractivity contribution in [1.82, 2.24) is 9.55 Å². The molecule has 4 aromatic rings. The molecule has 36 heavy (non-hydrogen) atoms. The highest BCUT2D eigenvalue weighted by Crippen LogP contribution is 2.27. The average Bonchev–Trinajstić information content (AvgIpc) is 3.24. The molecule has 188 valence electrons. The standard InChI is InChI=1S/C27H30N4O5/c1-4-5-12-30-25(28)24(26(33)29-27(30)34)31(15-18-8-6-7-9-21(18)35-3)23(32)14-19-16-36-22-13-17(2)10-11-20(19)22/h6-11,13,16H,4-5,12,14-15,28H2,1-3H3,(H,29,33,34). The van der Waals surface area contributed by atoms with Crippen LogP contribution in [0.1, 0.15) is 36.5 Å². The van der Waals surface area contributed by atoms with Crippen LogP contribution >= 0.6 is 0 Å². The second kappa shape index (κ2) is 10.6. The van der Waals surface area contributed by atoms with Crippen molar-refractivity contribution in [3.8, 4) is 5.75 Å². The predicted octanol–water partition coefficient (Wildman–Crippen LogP) is 3.76. The van der Waals surface area contributed by atoms with Gasteiger partial charge in [-0.25, -0.2) is 4.79 Å². The maximum Gasteiger partial charge on any atom is 0.330 e. The van der Waals surface area contributed by atoms with Crippen LogP contribution in [0.2, 0.25) is 0 Å². The zero-order chi connectivity index (χ0) is 25.8. The first-order chi connectivity index (χ1) is 17.3. The van der Waals surface area contributed by atoms with Crippen LogP contribution in [-0.4, -0.2) is 22.6 Å². The van der Waals surface area contributed by atoms with Crippen molar-refractivity contribution in [2.75, 3.05) is 17.7 Å². The molecule has 0 fully saturated rings. The van der Waals surface area contributed by atoms with E-state index in [0.29, 0.717) is 35.4 Å². The lowest BCUT2D eigenvalue weighted by molar-refractivity contribution is -0.118. The number of carbonyl (C=O) groups excluding carboxylic acids is 1. The summed E-state index contributed by atoms with van der Waals surface area (Å²) < 4.78 is 12.4. The number of rotatable bonds is 9. The average molecular weight is 491 g/mol. The number of aromatic nitrogens is 2. The molecule has 2 aromatic carbocycles. The fraction of sp³-hybridized carbons (Fsp3) is 0.296. The molecule has 2 aromatic heterocycles. The maximum absolute atomic E-state index is 13.8. The number of nitrogen functional groups attached to an aromatic ring is 1. The number of H-pyrrole nitrogens is 1. The molecule has 0 atom stereocenters. The van der Waals surface area contributed by atoms with Crippen molar-refractivity contribution in [2.24, 2.45) is 0 Å². The van der Waals surface area contributed by atoms with Crippen molar-refractivity contribution in [2.45, 2.75) is 46.2 Å². The molecule has 0 unspecified atom stereocenters. The number of aryl methyl sites for hydroxylation is 1. The summed E-state index contributed by atoms with van der Waals surface area (Å²) in [7, 11) is 1.54. The van der Waals surface area contributed by atoms with Crippen LogP contribution in [0.4, 0.5) is 11.5 Å². The Labute approximate surface area is 208 Å². The van der Waals surface area contributed by atoms with Crippen molar-refractivity contribution in [1.29, 1.82) is 0 Å². The van der Waals surface area contributed by atoms with Gasteiger partial charge in [0.15, 0.2) is 5.69 Å². The number of fused-ring (bicyclic) bond motifs is 1. The van der Waals surface area contributed by atoms with E-state index in [2.05, 4.69) is 4.98 Å². The number of unbranched alkanes of at least 4 members (excludes halogenated alkanes) is 1. The van der Waals surface area contributed by atoms with Crippen molar-refractivity contribution < 1.29 is 13.9 Å². The third-order valence-electron chi connectivity index (χ3n) is 6.19. The van der Waals surface area contributed by atoms with Crippen molar-refractivity contribution in [3.05, 3.63) is 86.3 Å². The Kier molecular flexibility index (Phi) is 7.28. The second-order valence-electron chi connectivity index (χ2n) is 8.73. The van der Waals surface area contributed by atoms with Crippen LogP contribution in [0.3, 0.4) is 0 Å². The normalized spacial score (nSPS) is 11.1. The largest absolute Gasteiger partial charge is 0.496 e. The SMILES string of the molecule is CCCCn1c(N)c(N(Cc2ccccc2OC)C(=O)Cc2coc3cc(C)ccc23)c(=O)[nH]c1=O. The summed E-state index contributed by atoms with van der Waals surface area (Å²) >= 11 is 0. The van der Waals surface area contributed by atoms with Crippen molar-refractivity contribution >= 4 is 28.4 Å². The molecule has 4 rings (SSSR count). The topological polar surface area (TPSA) is 124 Å². The van der Waals surface area contributed by atoms with E-state index in [1.165, 1.54) is 16.6 Å². The molecular formula is C27H30N4O5. The van der Waals surface area contributed by atoms with Gasteiger partial charge in [0.25, 0.3) is 5.56 Å². The minimum atomic E-state index is -0.721. The molecule has 0 bridgehead atoms.